The first-order valence-corrected chi connectivity index (χ1v) is 8.61. The van der Waals surface area contributed by atoms with E-state index in [0.717, 1.165) is 23.2 Å². The molecular weight excluding hydrogens is 330 g/mol. The molecule has 0 spiro atoms. The molecule has 1 aromatic heterocycles. The highest BCUT2D eigenvalue weighted by molar-refractivity contribution is 6.04. The number of esters is 1. The number of benzene rings is 2. The molecule has 1 aliphatic heterocycles. The van der Waals surface area contributed by atoms with E-state index in [1.165, 1.54) is 0 Å². The van der Waals surface area contributed by atoms with E-state index in [1.54, 1.807) is 17.9 Å². The number of anilines is 1. The average molecular weight is 349 g/mol. The van der Waals surface area contributed by atoms with Crippen LogP contribution in [0.1, 0.15) is 29.9 Å². The zero-order chi connectivity index (χ0) is 18.3. The van der Waals surface area contributed by atoms with Gasteiger partial charge < -0.3 is 9.64 Å². The molecule has 0 fully saturated rings. The number of ether oxygens (including phenoxy) is 1. The summed E-state index contributed by atoms with van der Waals surface area (Å²) in [6.45, 7) is 3.59. The molecule has 3 aromatic rings. The minimum atomic E-state index is -0.897. The lowest BCUT2D eigenvalue weighted by Gasteiger charge is -2.25. The number of carbonyl (C=O) groups is 2. The van der Waals surface area contributed by atoms with Crippen LogP contribution in [0.25, 0.3) is 10.9 Å². The molecule has 26 heavy (non-hydrogen) atoms. The summed E-state index contributed by atoms with van der Waals surface area (Å²) < 4.78 is 5.43. The standard InChI is InChI=1S/C20H19N3O3/c1-12-11-14-7-3-6-10-17(14)23(12)19(24)13(2)26-20(25)18-15-8-4-5-9-16(15)21-22-18/h3-10,12-13H,11H2,1-2H3,(H,21,22)/t12-,13-/m0/s1. The second kappa shape index (κ2) is 6.29. The zero-order valence-electron chi connectivity index (χ0n) is 14.6. The van der Waals surface area contributed by atoms with Crippen molar-refractivity contribution in [3.63, 3.8) is 0 Å². The first kappa shape index (κ1) is 16.3. The summed E-state index contributed by atoms with van der Waals surface area (Å²) in [7, 11) is 0. The number of hydrogen-bond donors (Lipinski definition) is 1. The van der Waals surface area contributed by atoms with Crippen LogP contribution in [0.4, 0.5) is 5.69 Å². The number of rotatable bonds is 3. The summed E-state index contributed by atoms with van der Waals surface area (Å²) in [5.74, 6) is -0.834. The Bertz CT molecular complexity index is 995. The van der Waals surface area contributed by atoms with Crippen LogP contribution in [-0.4, -0.2) is 34.2 Å². The number of aromatic amines is 1. The van der Waals surface area contributed by atoms with E-state index in [2.05, 4.69) is 10.2 Å². The molecule has 0 aliphatic carbocycles. The SMILES string of the molecule is C[C@H](OC(=O)c1n[nH]c2ccccc12)C(=O)N1c2ccccc2C[C@@H]1C. The Balaban J connectivity index is 1.54. The first-order chi connectivity index (χ1) is 12.6. The number of H-pyrrole nitrogens is 1. The number of carbonyl (C=O) groups excluding carboxylic acids is 2. The Labute approximate surface area is 150 Å². The van der Waals surface area contributed by atoms with Crippen LogP contribution in [0.5, 0.6) is 0 Å². The molecule has 2 aromatic carbocycles. The van der Waals surface area contributed by atoms with Gasteiger partial charge in [0.15, 0.2) is 11.8 Å². The Kier molecular flexibility index (Phi) is 3.95. The lowest BCUT2D eigenvalue weighted by molar-refractivity contribution is -0.126. The number of para-hydroxylation sites is 2. The molecule has 6 heteroatoms. The van der Waals surface area contributed by atoms with Crippen molar-refractivity contribution < 1.29 is 14.3 Å². The van der Waals surface area contributed by atoms with Gasteiger partial charge in [0.25, 0.3) is 5.91 Å². The highest BCUT2D eigenvalue weighted by Crippen LogP contribution is 2.32. The van der Waals surface area contributed by atoms with Crippen molar-refractivity contribution in [2.24, 2.45) is 0 Å². The lowest BCUT2D eigenvalue weighted by atomic mass is 10.1. The van der Waals surface area contributed by atoms with Crippen LogP contribution in [0, 0.1) is 0 Å². The average Bonchev–Trinajstić information content (AvgIpc) is 3.21. The van der Waals surface area contributed by atoms with Gasteiger partial charge in [-0.2, -0.15) is 5.10 Å². The summed E-state index contributed by atoms with van der Waals surface area (Å²) in [6.07, 6.45) is -0.0985. The fourth-order valence-electron chi connectivity index (χ4n) is 3.48. The van der Waals surface area contributed by atoms with E-state index in [9.17, 15) is 9.59 Å². The third-order valence-electron chi connectivity index (χ3n) is 4.74. The van der Waals surface area contributed by atoms with Crippen LogP contribution in [0.15, 0.2) is 48.5 Å². The number of hydrogen-bond acceptors (Lipinski definition) is 4. The van der Waals surface area contributed by atoms with Crippen molar-refractivity contribution in [1.82, 2.24) is 10.2 Å². The highest BCUT2D eigenvalue weighted by atomic mass is 16.5. The van der Waals surface area contributed by atoms with Gasteiger partial charge in [-0.1, -0.05) is 36.4 Å². The smallest absolute Gasteiger partial charge is 0.360 e. The Hall–Kier alpha value is -3.15. The van der Waals surface area contributed by atoms with Gasteiger partial charge in [0.2, 0.25) is 0 Å². The predicted molar refractivity (Wildman–Crippen MR) is 98.1 cm³/mol. The van der Waals surface area contributed by atoms with Crippen molar-refractivity contribution >= 4 is 28.5 Å². The van der Waals surface area contributed by atoms with E-state index < -0.39 is 12.1 Å². The van der Waals surface area contributed by atoms with Crippen molar-refractivity contribution in [2.45, 2.75) is 32.4 Å². The Morgan fingerprint density at radius 1 is 1.19 bits per heavy atom. The molecule has 1 N–H and O–H groups in total. The molecule has 0 bridgehead atoms. The number of nitrogens with one attached hydrogen (secondary N) is 1. The van der Waals surface area contributed by atoms with Gasteiger partial charge in [0.05, 0.1) is 5.52 Å². The quantitative estimate of drug-likeness (QED) is 0.737. The molecule has 0 radical (unpaired) electrons. The zero-order valence-corrected chi connectivity index (χ0v) is 14.6. The lowest BCUT2D eigenvalue weighted by Crippen LogP contribution is -2.43. The van der Waals surface area contributed by atoms with Crippen molar-refractivity contribution in [1.29, 1.82) is 0 Å². The molecule has 0 unspecified atom stereocenters. The number of nitrogens with zero attached hydrogens (tertiary/aromatic N) is 2. The van der Waals surface area contributed by atoms with Gasteiger partial charge in [-0.15, -0.1) is 0 Å². The molecule has 1 amide bonds. The van der Waals surface area contributed by atoms with Crippen molar-refractivity contribution in [3.8, 4) is 0 Å². The topological polar surface area (TPSA) is 75.3 Å². The Morgan fingerprint density at radius 2 is 1.92 bits per heavy atom. The van der Waals surface area contributed by atoms with Gasteiger partial charge in [-0.3, -0.25) is 9.89 Å². The Morgan fingerprint density at radius 3 is 2.77 bits per heavy atom. The summed E-state index contributed by atoms with van der Waals surface area (Å²) in [5, 5.41) is 7.51. The second-order valence-corrected chi connectivity index (χ2v) is 6.56. The van der Waals surface area contributed by atoms with Gasteiger partial charge >= 0.3 is 5.97 Å². The van der Waals surface area contributed by atoms with E-state index in [4.69, 9.17) is 4.74 Å². The minimum absolute atomic E-state index is 0.0345. The van der Waals surface area contributed by atoms with Crippen LogP contribution in [-0.2, 0) is 16.0 Å². The van der Waals surface area contributed by atoms with Gasteiger partial charge in [0, 0.05) is 17.1 Å². The van der Waals surface area contributed by atoms with E-state index in [0.29, 0.717) is 5.39 Å². The molecule has 1 aliphatic rings. The fourth-order valence-corrected chi connectivity index (χ4v) is 3.48. The summed E-state index contributed by atoms with van der Waals surface area (Å²) in [4.78, 5) is 27.1. The maximum atomic E-state index is 12.9. The van der Waals surface area contributed by atoms with Gasteiger partial charge in [-0.25, -0.2) is 4.79 Å². The van der Waals surface area contributed by atoms with Crippen LogP contribution < -0.4 is 4.90 Å². The fraction of sp³-hybridized carbons (Fsp3) is 0.250. The molecule has 2 atom stereocenters. The minimum Gasteiger partial charge on any atom is -0.448 e. The predicted octanol–water partition coefficient (Wildman–Crippen LogP) is 3.09. The summed E-state index contributed by atoms with van der Waals surface area (Å²) in [6, 6.07) is 15.2. The number of aromatic nitrogens is 2. The van der Waals surface area contributed by atoms with E-state index in [1.807, 2.05) is 49.4 Å². The molecule has 6 nitrogen and oxygen atoms in total. The van der Waals surface area contributed by atoms with E-state index >= 15 is 0 Å². The van der Waals surface area contributed by atoms with Crippen molar-refractivity contribution in [3.05, 3.63) is 59.8 Å². The molecule has 0 saturated carbocycles. The van der Waals surface area contributed by atoms with Crippen LogP contribution >= 0.6 is 0 Å². The van der Waals surface area contributed by atoms with Crippen LogP contribution in [0.2, 0.25) is 0 Å². The van der Waals surface area contributed by atoms with Gasteiger partial charge in [-0.05, 0) is 38.0 Å². The largest absolute Gasteiger partial charge is 0.448 e. The van der Waals surface area contributed by atoms with Gasteiger partial charge in [0.1, 0.15) is 0 Å². The van der Waals surface area contributed by atoms with Crippen LogP contribution in [0.3, 0.4) is 0 Å². The normalized spacial score (nSPS) is 17.2. The molecule has 132 valence electrons. The third kappa shape index (κ3) is 2.63. The monoisotopic (exact) mass is 349 g/mol. The second-order valence-electron chi connectivity index (χ2n) is 6.56. The summed E-state index contributed by atoms with van der Waals surface area (Å²) in [5.41, 5.74) is 2.96. The number of amides is 1. The maximum Gasteiger partial charge on any atom is 0.360 e. The molecule has 4 rings (SSSR count). The third-order valence-corrected chi connectivity index (χ3v) is 4.74. The van der Waals surface area contributed by atoms with Crippen molar-refractivity contribution in [2.75, 3.05) is 4.90 Å². The summed E-state index contributed by atoms with van der Waals surface area (Å²) >= 11 is 0. The molecule has 2 heterocycles. The highest BCUT2D eigenvalue weighted by Gasteiger charge is 2.34. The van der Waals surface area contributed by atoms with E-state index in [-0.39, 0.29) is 17.6 Å². The number of fused-ring (bicyclic) bond motifs is 2. The maximum absolute atomic E-state index is 12.9. The molecular formula is C20H19N3O3. The first-order valence-electron chi connectivity index (χ1n) is 8.61. The molecule has 0 saturated heterocycles.